The molecule has 2 rings (SSSR count). The zero-order valence-electron chi connectivity index (χ0n) is 11.0. The molecule has 0 radical (unpaired) electrons. The molecule has 0 spiro atoms. The Morgan fingerprint density at radius 2 is 2.16 bits per heavy atom. The van der Waals surface area contributed by atoms with Gasteiger partial charge in [-0.25, -0.2) is 0 Å². The predicted molar refractivity (Wildman–Crippen MR) is 70.7 cm³/mol. The van der Waals surface area contributed by atoms with Gasteiger partial charge in [0.2, 0.25) is 5.91 Å². The minimum Gasteiger partial charge on any atom is -0.481 e. The molecule has 0 aromatic heterocycles. The normalized spacial score (nSPS) is 16.7. The number of carbonyl (C=O) groups is 2. The minimum absolute atomic E-state index is 0.117. The van der Waals surface area contributed by atoms with Crippen LogP contribution in [0.5, 0.6) is 5.75 Å². The number of carbonyl (C=O) groups excluding carboxylic acids is 2. The van der Waals surface area contributed by atoms with E-state index in [1.54, 1.807) is 4.90 Å². The number of nitrogens with zero attached hydrogens (tertiary/aromatic N) is 1. The molecule has 19 heavy (non-hydrogen) atoms. The highest BCUT2D eigenvalue weighted by molar-refractivity contribution is 5.88. The van der Waals surface area contributed by atoms with Crippen LogP contribution in [-0.2, 0) is 9.59 Å². The van der Waals surface area contributed by atoms with Crippen molar-refractivity contribution >= 4 is 11.8 Å². The van der Waals surface area contributed by atoms with Crippen molar-refractivity contribution in [1.82, 2.24) is 10.2 Å². The summed E-state index contributed by atoms with van der Waals surface area (Å²) in [6.45, 7) is 3.06. The van der Waals surface area contributed by atoms with E-state index >= 15 is 0 Å². The molecule has 0 aliphatic carbocycles. The first kappa shape index (κ1) is 13.4. The fraction of sp³-hybridized carbons (Fsp3) is 0.429. The lowest BCUT2D eigenvalue weighted by Gasteiger charge is -2.30. The molecule has 2 amide bonds. The number of benzene rings is 1. The first-order chi connectivity index (χ1) is 9.20. The Labute approximate surface area is 112 Å². The fourth-order valence-corrected chi connectivity index (χ4v) is 2.00. The highest BCUT2D eigenvalue weighted by atomic mass is 16.5. The van der Waals surface area contributed by atoms with E-state index in [9.17, 15) is 9.59 Å². The summed E-state index contributed by atoms with van der Waals surface area (Å²) in [6, 6.07) is 9.25. The van der Waals surface area contributed by atoms with Crippen molar-refractivity contribution < 1.29 is 14.3 Å². The zero-order chi connectivity index (χ0) is 13.7. The fourth-order valence-electron chi connectivity index (χ4n) is 2.00. The van der Waals surface area contributed by atoms with Crippen molar-refractivity contribution in [3.8, 4) is 5.75 Å². The third-order valence-electron chi connectivity index (χ3n) is 3.02. The summed E-state index contributed by atoms with van der Waals surface area (Å²) in [5.74, 6) is 0.430. The number of nitrogens with one attached hydrogen (secondary N) is 1. The Kier molecular flexibility index (Phi) is 4.39. The lowest BCUT2D eigenvalue weighted by atomic mass is 10.2. The van der Waals surface area contributed by atoms with Crippen LogP contribution in [0.4, 0.5) is 0 Å². The van der Waals surface area contributed by atoms with E-state index < -0.39 is 6.10 Å². The summed E-state index contributed by atoms with van der Waals surface area (Å²) < 4.78 is 5.69. The van der Waals surface area contributed by atoms with Gasteiger partial charge >= 0.3 is 0 Å². The van der Waals surface area contributed by atoms with Gasteiger partial charge in [0.05, 0.1) is 6.54 Å². The molecule has 1 heterocycles. The van der Waals surface area contributed by atoms with Gasteiger partial charge in [-0.2, -0.15) is 0 Å². The topological polar surface area (TPSA) is 58.6 Å². The SMILES string of the molecule is CCC(Oc1ccccc1)C(=O)N1CCNC(=O)C1. The van der Waals surface area contributed by atoms with Gasteiger partial charge in [0.1, 0.15) is 5.75 Å². The van der Waals surface area contributed by atoms with E-state index in [4.69, 9.17) is 4.74 Å². The number of ether oxygens (including phenoxy) is 1. The Morgan fingerprint density at radius 1 is 1.42 bits per heavy atom. The maximum absolute atomic E-state index is 12.3. The third kappa shape index (κ3) is 3.47. The predicted octanol–water partition coefficient (Wildman–Crippen LogP) is 0.802. The van der Waals surface area contributed by atoms with E-state index in [1.807, 2.05) is 37.3 Å². The molecule has 1 atom stereocenters. The Morgan fingerprint density at radius 3 is 2.79 bits per heavy atom. The van der Waals surface area contributed by atoms with E-state index in [2.05, 4.69) is 5.32 Å². The van der Waals surface area contributed by atoms with Gasteiger partial charge in [0.15, 0.2) is 6.10 Å². The van der Waals surface area contributed by atoms with Crippen molar-refractivity contribution in [3.05, 3.63) is 30.3 Å². The lowest BCUT2D eigenvalue weighted by Crippen LogP contribution is -2.53. The Hall–Kier alpha value is -2.04. The average Bonchev–Trinajstić information content (AvgIpc) is 2.45. The molecule has 1 unspecified atom stereocenters. The molecular weight excluding hydrogens is 244 g/mol. The smallest absolute Gasteiger partial charge is 0.264 e. The van der Waals surface area contributed by atoms with Gasteiger partial charge in [-0.3, -0.25) is 9.59 Å². The maximum Gasteiger partial charge on any atom is 0.264 e. The molecule has 1 fully saturated rings. The molecule has 1 aliphatic heterocycles. The lowest BCUT2D eigenvalue weighted by molar-refractivity contribution is -0.144. The molecule has 102 valence electrons. The molecule has 5 heteroatoms. The van der Waals surface area contributed by atoms with Crippen molar-refractivity contribution in [3.63, 3.8) is 0 Å². The van der Waals surface area contributed by atoms with Crippen LogP contribution in [0.3, 0.4) is 0 Å². The molecular formula is C14H18N2O3. The van der Waals surface area contributed by atoms with Crippen LogP contribution in [0.15, 0.2) is 30.3 Å². The molecule has 1 aromatic rings. The van der Waals surface area contributed by atoms with Crippen LogP contribution in [0, 0.1) is 0 Å². The van der Waals surface area contributed by atoms with Gasteiger partial charge in [-0.05, 0) is 18.6 Å². The molecule has 5 nitrogen and oxygen atoms in total. The van der Waals surface area contributed by atoms with Crippen LogP contribution < -0.4 is 10.1 Å². The highest BCUT2D eigenvalue weighted by Crippen LogP contribution is 2.14. The average molecular weight is 262 g/mol. The summed E-state index contributed by atoms with van der Waals surface area (Å²) >= 11 is 0. The summed E-state index contributed by atoms with van der Waals surface area (Å²) in [7, 11) is 0. The molecule has 1 N–H and O–H groups in total. The minimum atomic E-state index is -0.534. The van der Waals surface area contributed by atoms with Crippen molar-refractivity contribution in [2.45, 2.75) is 19.4 Å². The number of rotatable bonds is 4. The van der Waals surface area contributed by atoms with Crippen LogP contribution in [-0.4, -0.2) is 42.5 Å². The first-order valence-electron chi connectivity index (χ1n) is 6.48. The quantitative estimate of drug-likeness (QED) is 0.873. The van der Waals surface area contributed by atoms with Crippen molar-refractivity contribution in [2.24, 2.45) is 0 Å². The van der Waals surface area contributed by atoms with Crippen LogP contribution in [0.1, 0.15) is 13.3 Å². The van der Waals surface area contributed by atoms with E-state index in [0.29, 0.717) is 25.3 Å². The van der Waals surface area contributed by atoms with E-state index in [0.717, 1.165) is 0 Å². The first-order valence-corrected chi connectivity index (χ1v) is 6.48. The van der Waals surface area contributed by atoms with Crippen LogP contribution in [0.25, 0.3) is 0 Å². The Bertz CT molecular complexity index is 447. The van der Waals surface area contributed by atoms with Gasteiger partial charge in [0, 0.05) is 13.1 Å². The number of amides is 2. The monoisotopic (exact) mass is 262 g/mol. The third-order valence-corrected chi connectivity index (χ3v) is 3.02. The molecule has 1 aliphatic rings. The Balaban J connectivity index is 2.00. The summed E-state index contributed by atoms with van der Waals surface area (Å²) in [5.41, 5.74) is 0. The molecule has 1 saturated heterocycles. The highest BCUT2D eigenvalue weighted by Gasteiger charge is 2.28. The van der Waals surface area contributed by atoms with Crippen LogP contribution in [0.2, 0.25) is 0 Å². The van der Waals surface area contributed by atoms with Gasteiger partial charge in [-0.15, -0.1) is 0 Å². The summed E-state index contributed by atoms with van der Waals surface area (Å²) in [5, 5.41) is 2.70. The largest absolute Gasteiger partial charge is 0.481 e. The van der Waals surface area contributed by atoms with Crippen molar-refractivity contribution in [2.75, 3.05) is 19.6 Å². The van der Waals surface area contributed by atoms with E-state index in [-0.39, 0.29) is 18.4 Å². The number of hydrogen-bond donors (Lipinski definition) is 1. The second kappa shape index (κ2) is 6.22. The number of hydrogen-bond acceptors (Lipinski definition) is 3. The molecule has 0 bridgehead atoms. The van der Waals surface area contributed by atoms with Gasteiger partial charge in [0.25, 0.3) is 5.91 Å². The van der Waals surface area contributed by atoms with Crippen molar-refractivity contribution in [1.29, 1.82) is 0 Å². The maximum atomic E-state index is 12.3. The second-order valence-electron chi connectivity index (χ2n) is 4.44. The standard InChI is InChI=1S/C14H18N2O3/c1-2-12(19-11-6-4-3-5-7-11)14(18)16-9-8-15-13(17)10-16/h3-7,12H,2,8-10H2,1H3,(H,15,17). The molecule has 0 saturated carbocycles. The number of para-hydroxylation sites is 1. The summed E-state index contributed by atoms with van der Waals surface area (Å²) in [6.07, 6.45) is 0.0413. The zero-order valence-corrected chi connectivity index (χ0v) is 11.0. The second-order valence-corrected chi connectivity index (χ2v) is 4.44. The van der Waals surface area contributed by atoms with E-state index in [1.165, 1.54) is 0 Å². The van der Waals surface area contributed by atoms with Gasteiger partial charge in [-0.1, -0.05) is 25.1 Å². The molecule has 1 aromatic carbocycles. The number of piperazine rings is 1. The van der Waals surface area contributed by atoms with Gasteiger partial charge < -0.3 is 15.0 Å². The van der Waals surface area contributed by atoms with Crippen LogP contribution >= 0.6 is 0 Å². The summed E-state index contributed by atoms with van der Waals surface area (Å²) in [4.78, 5) is 25.2.